The number of hydrogen-bond donors (Lipinski definition) is 0. The highest BCUT2D eigenvalue weighted by molar-refractivity contribution is 5.89. The minimum absolute atomic E-state index is 0.191. The Bertz CT molecular complexity index is 1560. The Hall–Kier alpha value is -3.72. The molecule has 0 radical (unpaired) electrons. The van der Waals surface area contributed by atoms with E-state index in [9.17, 15) is 0 Å². The molecule has 0 amide bonds. The molecule has 2 heterocycles. The molecule has 1 aliphatic carbocycles. The van der Waals surface area contributed by atoms with Gasteiger partial charge in [0.2, 0.25) is 0 Å². The van der Waals surface area contributed by atoms with Crippen LogP contribution in [-0.4, -0.2) is 9.55 Å². The molecule has 0 saturated carbocycles. The molecule has 0 saturated heterocycles. The number of aromatic nitrogens is 3. The summed E-state index contributed by atoms with van der Waals surface area (Å²) in [6.45, 7) is 8.96. The molecule has 3 nitrogen and oxygen atoms in total. The van der Waals surface area contributed by atoms with E-state index in [2.05, 4.69) is 123 Å². The van der Waals surface area contributed by atoms with Crippen molar-refractivity contribution in [1.29, 1.82) is 0 Å². The number of nitrogens with zero attached hydrogens (tertiary/aromatic N) is 3. The predicted molar refractivity (Wildman–Crippen MR) is 135 cm³/mol. The Morgan fingerprint density at radius 1 is 0.788 bits per heavy atom. The summed E-state index contributed by atoms with van der Waals surface area (Å²) in [5, 5.41) is 0. The molecular formula is C30H28N3+. The number of benzene rings is 3. The summed E-state index contributed by atoms with van der Waals surface area (Å²) in [6, 6.07) is 28.3. The highest BCUT2D eigenvalue weighted by atomic mass is 15.2. The van der Waals surface area contributed by atoms with Crippen molar-refractivity contribution in [3.63, 3.8) is 0 Å². The monoisotopic (exact) mass is 430 g/mol. The third kappa shape index (κ3) is 2.69. The van der Waals surface area contributed by atoms with E-state index in [0.29, 0.717) is 0 Å². The third-order valence-corrected chi connectivity index (χ3v) is 7.21. The molecule has 3 aromatic carbocycles. The second-order valence-electron chi connectivity index (χ2n) is 9.70. The molecule has 0 aliphatic heterocycles. The minimum atomic E-state index is -0.191. The predicted octanol–water partition coefficient (Wildman–Crippen LogP) is 6.44. The maximum absolute atomic E-state index is 5.02. The van der Waals surface area contributed by atoms with Crippen molar-refractivity contribution >= 4 is 11.0 Å². The van der Waals surface area contributed by atoms with Gasteiger partial charge in [0.05, 0.1) is 18.3 Å². The Balaban J connectivity index is 1.77. The van der Waals surface area contributed by atoms with Crippen molar-refractivity contribution in [2.24, 2.45) is 7.05 Å². The van der Waals surface area contributed by atoms with Crippen LogP contribution in [0.5, 0.6) is 0 Å². The van der Waals surface area contributed by atoms with Crippen molar-refractivity contribution < 1.29 is 4.57 Å². The van der Waals surface area contributed by atoms with Gasteiger partial charge in [-0.3, -0.25) is 4.98 Å². The highest BCUT2D eigenvalue weighted by Crippen LogP contribution is 2.52. The van der Waals surface area contributed by atoms with E-state index >= 15 is 0 Å². The first-order valence-electron chi connectivity index (χ1n) is 11.6. The first-order valence-corrected chi connectivity index (χ1v) is 11.6. The molecule has 5 aromatic rings. The molecule has 162 valence electrons. The zero-order valence-corrected chi connectivity index (χ0v) is 19.8. The van der Waals surface area contributed by atoms with Crippen molar-refractivity contribution in [3.05, 3.63) is 101 Å². The molecule has 6 rings (SSSR count). The number of hydrogen-bond acceptors (Lipinski definition) is 1. The van der Waals surface area contributed by atoms with Crippen LogP contribution in [0.3, 0.4) is 0 Å². The van der Waals surface area contributed by atoms with Crippen LogP contribution >= 0.6 is 0 Å². The quantitative estimate of drug-likeness (QED) is 0.295. The summed E-state index contributed by atoms with van der Waals surface area (Å²) in [7, 11) is 2.19. The number of rotatable bonds is 2. The number of aryl methyl sites for hydroxylation is 3. The van der Waals surface area contributed by atoms with Crippen LogP contribution in [0.2, 0.25) is 0 Å². The molecule has 2 aromatic heterocycles. The average molecular weight is 431 g/mol. The van der Waals surface area contributed by atoms with Crippen LogP contribution in [0, 0.1) is 13.8 Å². The second-order valence-corrected chi connectivity index (χ2v) is 9.70. The lowest BCUT2D eigenvalue weighted by atomic mass is 9.80. The van der Waals surface area contributed by atoms with Crippen LogP contribution in [0.4, 0.5) is 0 Å². The van der Waals surface area contributed by atoms with Crippen LogP contribution in [0.25, 0.3) is 39.2 Å². The standard InChI is InChI=1S/C30H28N3/c1-19-15-17-22-23-18-16-20(2)31-28(23)30(3,4)27(22)26(19)29-32(5)24-13-9-10-14-25(24)33(29)21-11-7-6-8-12-21/h6-18H,1-5H3/q+1. The SMILES string of the molecule is Cc1ccc2c(n1)C(C)(C)c1c-2ccc(C)c1-c1n(-c2ccccc2)c2ccccc2[n+]1C. The Morgan fingerprint density at radius 3 is 2.27 bits per heavy atom. The van der Waals surface area contributed by atoms with Crippen LogP contribution in [0.15, 0.2) is 78.9 Å². The average Bonchev–Trinajstić information content (AvgIpc) is 3.23. The van der Waals surface area contributed by atoms with Crippen LogP contribution in [0.1, 0.15) is 36.4 Å². The lowest BCUT2D eigenvalue weighted by Crippen LogP contribution is -2.32. The maximum Gasteiger partial charge on any atom is 0.295 e. The Morgan fingerprint density at radius 2 is 1.48 bits per heavy atom. The van der Waals surface area contributed by atoms with E-state index in [4.69, 9.17) is 4.98 Å². The van der Waals surface area contributed by atoms with E-state index in [1.807, 2.05) is 0 Å². The van der Waals surface area contributed by atoms with E-state index in [1.165, 1.54) is 56.1 Å². The van der Waals surface area contributed by atoms with Crippen LogP contribution in [-0.2, 0) is 12.5 Å². The molecule has 0 unspecified atom stereocenters. The number of imidazole rings is 1. The lowest BCUT2D eigenvalue weighted by Gasteiger charge is -2.23. The zero-order valence-electron chi connectivity index (χ0n) is 19.8. The van der Waals surface area contributed by atoms with Gasteiger partial charge in [0.1, 0.15) is 5.69 Å². The van der Waals surface area contributed by atoms with Gasteiger partial charge in [-0.1, -0.05) is 62.4 Å². The van der Waals surface area contributed by atoms with Gasteiger partial charge in [-0.25, -0.2) is 4.57 Å². The molecule has 0 fully saturated rings. The number of para-hydroxylation sites is 3. The molecule has 0 N–H and O–H groups in total. The van der Waals surface area contributed by atoms with Gasteiger partial charge in [0.15, 0.2) is 11.0 Å². The normalized spacial score (nSPS) is 13.8. The van der Waals surface area contributed by atoms with E-state index < -0.39 is 0 Å². The first-order chi connectivity index (χ1) is 15.9. The van der Waals surface area contributed by atoms with E-state index in [1.54, 1.807) is 0 Å². The summed E-state index contributed by atoms with van der Waals surface area (Å²) in [5.74, 6) is 1.20. The third-order valence-electron chi connectivity index (χ3n) is 7.21. The molecule has 0 atom stereocenters. The molecule has 1 aliphatic rings. The van der Waals surface area contributed by atoms with Crippen molar-refractivity contribution in [3.8, 4) is 28.2 Å². The fourth-order valence-corrected chi connectivity index (χ4v) is 5.67. The van der Waals surface area contributed by atoms with Crippen molar-refractivity contribution in [1.82, 2.24) is 9.55 Å². The second kappa shape index (κ2) is 6.89. The molecule has 0 bridgehead atoms. The fourth-order valence-electron chi connectivity index (χ4n) is 5.67. The molecule has 0 spiro atoms. The van der Waals surface area contributed by atoms with E-state index in [-0.39, 0.29) is 5.41 Å². The fraction of sp³-hybridized carbons (Fsp3) is 0.200. The van der Waals surface area contributed by atoms with E-state index in [0.717, 1.165) is 5.69 Å². The smallest absolute Gasteiger partial charge is 0.257 e. The molecular weight excluding hydrogens is 402 g/mol. The summed E-state index contributed by atoms with van der Waals surface area (Å²) in [4.78, 5) is 5.02. The summed E-state index contributed by atoms with van der Waals surface area (Å²) in [6.07, 6.45) is 0. The van der Waals surface area contributed by atoms with Gasteiger partial charge in [0.25, 0.3) is 5.82 Å². The van der Waals surface area contributed by atoms with Gasteiger partial charge >= 0.3 is 0 Å². The lowest BCUT2D eigenvalue weighted by molar-refractivity contribution is -0.633. The first kappa shape index (κ1) is 19.9. The molecule has 33 heavy (non-hydrogen) atoms. The summed E-state index contributed by atoms with van der Waals surface area (Å²) < 4.78 is 4.76. The van der Waals surface area contributed by atoms with Crippen LogP contribution < -0.4 is 4.57 Å². The van der Waals surface area contributed by atoms with Gasteiger partial charge in [-0.05, 0) is 60.9 Å². The van der Waals surface area contributed by atoms with Crippen molar-refractivity contribution in [2.45, 2.75) is 33.1 Å². The Kier molecular flexibility index (Phi) is 4.16. The van der Waals surface area contributed by atoms with Gasteiger partial charge < -0.3 is 0 Å². The zero-order chi connectivity index (χ0) is 22.9. The van der Waals surface area contributed by atoms with Gasteiger partial charge in [-0.2, -0.15) is 4.57 Å². The number of pyridine rings is 1. The minimum Gasteiger partial charge on any atom is -0.257 e. The topological polar surface area (TPSA) is 21.7 Å². The molecule has 3 heteroatoms. The maximum atomic E-state index is 5.02. The largest absolute Gasteiger partial charge is 0.295 e. The summed E-state index contributed by atoms with van der Waals surface area (Å²) in [5.41, 5.74) is 12.2. The summed E-state index contributed by atoms with van der Waals surface area (Å²) >= 11 is 0. The Labute approximate surface area is 195 Å². The number of fused-ring (bicyclic) bond motifs is 4. The highest BCUT2D eigenvalue weighted by Gasteiger charge is 2.42. The van der Waals surface area contributed by atoms with Gasteiger partial charge in [0, 0.05) is 16.7 Å². The van der Waals surface area contributed by atoms with Crippen molar-refractivity contribution in [2.75, 3.05) is 0 Å². The van der Waals surface area contributed by atoms with Gasteiger partial charge in [-0.15, -0.1) is 0 Å².